The van der Waals surface area contributed by atoms with Gasteiger partial charge < -0.3 is 9.73 Å². The molecule has 1 aliphatic heterocycles. The Morgan fingerprint density at radius 2 is 2.08 bits per heavy atom. The Kier molecular flexibility index (Phi) is 3.90. The molecule has 24 heavy (non-hydrogen) atoms. The summed E-state index contributed by atoms with van der Waals surface area (Å²) in [6, 6.07) is 8.96. The number of fused-ring (bicyclic) bond motifs is 2. The Balaban J connectivity index is 1.44. The van der Waals surface area contributed by atoms with E-state index in [4.69, 9.17) is 4.42 Å². The van der Waals surface area contributed by atoms with E-state index in [9.17, 15) is 0 Å². The molecule has 0 radical (unpaired) electrons. The Hall–Kier alpha value is -2.47. The summed E-state index contributed by atoms with van der Waals surface area (Å²) in [7, 11) is 0. The average Bonchev–Trinajstić information content (AvgIpc) is 2.96. The first kappa shape index (κ1) is 15.1. The normalized spacial score (nSPS) is 16.1. The molecule has 0 saturated heterocycles. The monoisotopic (exact) mass is 323 g/mol. The highest BCUT2D eigenvalue weighted by Crippen LogP contribution is 2.21. The van der Waals surface area contributed by atoms with Crippen molar-refractivity contribution in [3.63, 3.8) is 0 Å². The Morgan fingerprint density at radius 3 is 2.96 bits per heavy atom. The lowest BCUT2D eigenvalue weighted by Crippen LogP contribution is -2.38. The lowest BCUT2D eigenvalue weighted by atomic mass is 10.00. The Bertz CT molecular complexity index is 859. The van der Waals surface area contributed by atoms with Crippen molar-refractivity contribution in [1.82, 2.24) is 19.9 Å². The van der Waals surface area contributed by atoms with Crippen LogP contribution in [0.15, 0.2) is 35.0 Å². The molecule has 3 heterocycles. The number of hydrogen-bond donors (Lipinski definition) is 1. The van der Waals surface area contributed by atoms with Crippen molar-refractivity contribution in [3.8, 4) is 0 Å². The minimum absolute atomic E-state index is 0.255. The Morgan fingerprint density at radius 1 is 1.25 bits per heavy atom. The van der Waals surface area contributed by atoms with Crippen LogP contribution in [0.1, 0.15) is 23.9 Å². The van der Waals surface area contributed by atoms with Crippen LogP contribution in [0.2, 0.25) is 0 Å². The molecule has 1 aromatic carbocycles. The molecule has 0 aliphatic carbocycles. The van der Waals surface area contributed by atoms with E-state index in [1.54, 1.807) is 0 Å². The second kappa shape index (κ2) is 6.20. The first-order chi connectivity index (χ1) is 11.7. The highest BCUT2D eigenvalue weighted by molar-refractivity contribution is 5.80. The summed E-state index contributed by atoms with van der Waals surface area (Å²) >= 11 is 0. The molecule has 1 N–H and O–H groups in total. The quantitative estimate of drug-likeness (QED) is 0.796. The maximum Gasteiger partial charge on any atom is 0.252 e. The number of nitrogens with zero attached hydrogens (tertiary/aromatic N) is 4. The highest BCUT2D eigenvalue weighted by Gasteiger charge is 2.19. The fourth-order valence-electron chi connectivity index (χ4n) is 3.34. The van der Waals surface area contributed by atoms with E-state index in [1.165, 1.54) is 17.5 Å². The molecule has 0 fully saturated rings. The van der Waals surface area contributed by atoms with Crippen LogP contribution in [0.4, 0.5) is 5.82 Å². The molecule has 3 aromatic rings. The lowest BCUT2D eigenvalue weighted by molar-refractivity contribution is 0.247. The zero-order chi connectivity index (χ0) is 16.5. The summed E-state index contributed by atoms with van der Waals surface area (Å²) in [6.07, 6.45) is 2.63. The van der Waals surface area contributed by atoms with Crippen LogP contribution in [0.25, 0.3) is 11.2 Å². The largest absolute Gasteiger partial charge is 0.422 e. The second-order valence-corrected chi connectivity index (χ2v) is 6.41. The van der Waals surface area contributed by atoms with Crippen molar-refractivity contribution in [2.24, 2.45) is 0 Å². The van der Waals surface area contributed by atoms with Crippen molar-refractivity contribution in [2.45, 2.75) is 32.9 Å². The van der Waals surface area contributed by atoms with Crippen molar-refractivity contribution in [3.05, 3.63) is 47.6 Å². The van der Waals surface area contributed by atoms with Crippen molar-refractivity contribution < 1.29 is 4.42 Å². The molecule has 0 amide bonds. The van der Waals surface area contributed by atoms with Crippen molar-refractivity contribution in [2.75, 3.05) is 18.4 Å². The van der Waals surface area contributed by atoms with Gasteiger partial charge in [0.15, 0.2) is 17.2 Å². The van der Waals surface area contributed by atoms with Gasteiger partial charge in [0.25, 0.3) is 5.71 Å². The van der Waals surface area contributed by atoms with E-state index >= 15 is 0 Å². The van der Waals surface area contributed by atoms with Crippen LogP contribution >= 0.6 is 0 Å². The summed E-state index contributed by atoms with van der Waals surface area (Å²) in [5, 5.41) is 3.45. The molecule has 0 spiro atoms. The van der Waals surface area contributed by atoms with E-state index in [-0.39, 0.29) is 6.04 Å². The third-order valence-corrected chi connectivity index (χ3v) is 4.43. The molecular formula is C18H21N5O. The minimum Gasteiger partial charge on any atom is -0.422 e. The fourth-order valence-corrected chi connectivity index (χ4v) is 3.34. The van der Waals surface area contributed by atoms with Gasteiger partial charge in [0.2, 0.25) is 0 Å². The number of aryl methyl sites for hydroxylation is 1. The SMILES string of the molecule is Cc1nc2c(NC(C)CN3CCc4ccccc4C3)ncnc2o1. The molecule has 124 valence electrons. The van der Waals surface area contributed by atoms with Crippen molar-refractivity contribution >= 4 is 17.0 Å². The zero-order valence-electron chi connectivity index (χ0n) is 14.0. The zero-order valence-corrected chi connectivity index (χ0v) is 14.0. The number of anilines is 1. The molecule has 6 nitrogen and oxygen atoms in total. The van der Waals surface area contributed by atoms with E-state index in [2.05, 4.69) is 56.4 Å². The first-order valence-electron chi connectivity index (χ1n) is 8.33. The summed E-state index contributed by atoms with van der Waals surface area (Å²) in [4.78, 5) is 15.3. The van der Waals surface area contributed by atoms with Crippen LogP contribution < -0.4 is 5.32 Å². The van der Waals surface area contributed by atoms with Gasteiger partial charge in [-0.05, 0) is 24.5 Å². The molecular weight excluding hydrogens is 302 g/mol. The van der Waals surface area contributed by atoms with Gasteiger partial charge in [0, 0.05) is 32.6 Å². The van der Waals surface area contributed by atoms with Gasteiger partial charge in [-0.3, -0.25) is 4.90 Å². The smallest absolute Gasteiger partial charge is 0.252 e. The van der Waals surface area contributed by atoms with E-state index < -0.39 is 0 Å². The lowest BCUT2D eigenvalue weighted by Gasteiger charge is -2.31. The topological polar surface area (TPSA) is 67.1 Å². The van der Waals surface area contributed by atoms with Gasteiger partial charge in [-0.15, -0.1) is 0 Å². The van der Waals surface area contributed by atoms with E-state index in [0.29, 0.717) is 17.1 Å². The molecule has 4 rings (SSSR count). The summed E-state index contributed by atoms with van der Waals surface area (Å²) in [6.45, 7) is 7.04. The van der Waals surface area contributed by atoms with Crippen LogP contribution in [-0.4, -0.2) is 39.0 Å². The second-order valence-electron chi connectivity index (χ2n) is 6.41. The maximum absolute atomic E-state index is 5.47. The van der Waals surface area contributed by atoms with Crippen LogP contribution in [0, 0.1) is 6.92 Å². The number of aromatic nitrogens is 3. The van der Waals surface area contributed by atoms with Crippen LogP contribution in [0.3, 0.4) is 0 Å². The third-order valence-electron chi connectivity index (χ3n) is 4.43. The molecule has 6 heteroatoms. The molecule has 1 unspecified atom stereocenters. The van der Waals surface area contributed by atoms with Gasteiger partial charge in [0.1, 0.15) is 6.33 Å². The molecule has 0 bridgehead atoms. The number of benzene rings is 1. The predicted molar refractivity (Wildman–Crippen MR) is 92.8 cm³/mol. The standard InChI is InChI=1S/C18H21N5O/c1-12(9-23-8-7-14-5-3-4-6-15(14)10-23)21-17-16-18(20-11-19-17)24-13(2)22-16/h3-6,11-12H,7-10H2,1-2H3,(H,19,20,21). The maximum atomic E-state index is 5.47. The number of oxazole rings is 1. The first-order valence-corrected chi connectivity index (χ1v) is 8.33. The molecule has 2 aromatic heterocycles. The predicted octanol–water partition coefficient (Wildman–Crippen LogP) is 2.78. The number of rotatable bonds is 4. The fraction of sp³-hybridized carbons (Fsp3) is 0.389. The van der Waals surface area contributed by atoms with Gasteiger partial charge >= 0.3 is 0 Å². The van der Waals surface area contributed by atoms with Gasteiger partial charge in [-0.1, -0.05) is 24.3 Å². The number of hydrogen-bond acceptors (Lipinski definition) is 6. The van der Waals surface area contributed by atoms with Gasteiger partial charge in [0.05, 0.1) is 0 Å². The van der Waals surface area contributed by atoms with E-state index in [0.717, 1.165) is 31.9 Å². The van der Waals surface area contributed by atoms with E-state index in [1.807, 2.05) is 6.92 Å². The summed E-state index contributed by atoms with van der Waals surface area (Å²) in [5.41, 5.74) is 4.15. The van der Waals surface area contributed by atoms with Crippen LogP contribution in [-0.2, 0) is 13.0 Å². The molecule has 0 saturated carbocycles. The molecule has 1 atom stereocenters. The average molecular weight is 323 g/mol. The van der Waals surface area contributed by atoms with Gasteiger partial charge in [-0.25, -0.2) is 9.97 Å². The Labute approximate surface area is 140 Å². The molecule has 1 aliphatic rings. The minimum atomic E-state index is 0.255. The third kappa shape index (κ3) is 2.97. The summed E-state index contributed by atoms with van der Waals surface area (Å²) < 4.78 is 5.47. The van der Waals surface area contributed by atoms with Crippen molar-refractivity contribution in [1.29, 1.82) is 0 Å². The highest BCUT2D eigenvalue weighted by atomic mass is 16.4. The number of nitrogens with one attached hydrogen (secondary N) is 1. The summed E-state index contributed by atoms with van der Waals surface area (Å²) in [5.74, 6) is 1.34. The van der Waals surface area contributed by atoms with Crippen LogP contribution in [0.5, 0.6) is 0 Å². The van der Waals surface area contributed by atoms with Gasteiger partial charge in [-0.2, -0.15) is 4.98 Å².